The van der Waals surface area contributed by atoms with Crippen LogP contribution in [0.2, 0.25) is 5.15 Å². The standard InChI is InChI=1S/C10H14ClN3O2/c1-7(15)6-14(2)10(16)13-8-3-4-12-9(11)5-8/h3-5,7,15H,6H2,1-2H3,(H,12,13,16). The number of carbonyl (C=O) groups is 1. The van der Waals surface area contributed by atoms with Gasteiger partial charge in [0.15, 0.2) is 0 Å². The smallest absolute Gasteiger partial charge is 0.321 e. The SMILES string of the molecule is CC(O)CN(C)C(=O)Nc1ccnc(Cl)c1. The Labute approximate surface area is 99.0 Å². The molecule has 5 nitrogen and oxygen atoms in total. The molecule has 0 aliphatic carbocycles. The summed E-state index contributed by atoms with van der Waals surface area (Å²) in [4.78, 5) is 16.8. The van der Waals surface area contributed by atoms with Gasteiger partial charge in [0.05, 0.1) is 6.10 Å². The van der Waals surface area contributed by atoms with Crippen LogP contribution in [0.4, 0.5) is 10.5 Å². The largest absolute Gasteiger partial charge is 0.392 e. The van der Waals surface area contributed by atoms with Gasteiger partial charge >= 0.3 is 6.03 Å². The van der Waals surface area contributed by atoms with E-state index >= 15 is 0 Å². The molecule has 0 bridgehead atoms. The van der Waals surface area contributed by atoms with E-state index in [1.54, 1.807) is 26.1 Å². The van der Waals surface area contributed by atoms with Crippen molar-refractivity contribution in [3.05, 3.63) is 23.5 Å². The number of pyridine rings is 1. The van der Waals surface area contributed by atoms with Gasteiger partial charge in [0, 0.05) is 25.5 Å². The third-order valence-corrected chi connectivity index (χ3v) is 2.07. The maximum Gasteiger partial charge on any atom is 0.321 e. The first-order valence-corrected chi connectivity index (χ1v) is 5.18. The van der Waals surface area contributed by atoms with E-state index in [0.717, 1.165) is 0 Å². The molecule has 0 saturated carbocycles. The number of aliphatic hydroxyl groups is 1. The molecule has 1 rings (SSSR count). The van der Waals surface area contributed by atoms with Crippen LogP contribution in [0.5, 0.6) is 0 Å². The van der Waals surface area contributed by atoms with Gasteiger partial charge in [0.1, 0.15) is 5.15 Å². The van der Waals surface area contributed by atoms with Gasteiger partial charge in [-0.05, 0) is 19.1 Å². The van der Waals surface area contributed by atoms with Crippen molar-refractivity contribution < 1.29 is 9.90 Å². The Bertz CT molecular complexity index is 371. The summed E-state index contributed by atoms with van der Waals surface area (Å²) in [6.45, 7) is 1.89. The average Bonchev–Trinajstić information content (AvgIpc) is 2.16. The van der Waals surface area contributed by atoms with Gasteiger partial charge in [0.25, 0.3) is 0 Å². The minimum absolute atomic E-state index is 0.269. The van der Waals surface area contributed by atoms with Crippen molar-refractivity contribution in [2.75, 3.05) is 18.9 Å². The van der Waals surface area contributed by atoms with Crippen LogP contribution in [-0.4, -0.2) is 40.7 Å². The first-order valence-electron chi connectivity index (χ1n) is 4.81. The van der Waals surface area contributed by atoms with Gasteiger partial charge in [-0.1, -0.05) is 11.6 Å². The zero-order valence-corrected chi connectivity index (χ0v) is 9.90. The lowest BCUT2D eigenvalue weighted by Gasteiger charge is -2.19. The lowest BCUT2D eigenvalue weighted by atomic mass is 10.4. The fraction of sp³-hybridized carbons (Fsp3) is 0.400. The first-order chi connectivity index (χ1) is 7.49. The van der Waals surface area contributed by atoms with Gasteiger partial charge in [-0.3, -0.25) is 0 Å². The maximum absolute atomic E-state index is 11.6. The van der Waals surface area contributed by atoms with Crippen LogP contribution >= 0.6 is 11.6 Å². The quantitative estimate of drug-likeness (QED) is 0.793. The molecule has 0 aliphatic rings. The van der Waals surface area contributed by atoms with Crippen molar-refractivity contribution in [3.63, 3.8) is 0 Å². The molecule has 0 aliphatic heterocycles. The Morgan fingerprint density at radius 1 is 1.75 bits per heavy atom. The third-order valence-electron chi connectivity index (χ3n) is 1.86. The summed E-state index contributed by atoms with van der Waals surface area (Å²) in [5.74, 6) is 0. The molecule has 6 heteroatoms. The number of amides is 2. The third kappa shape index (κ3) is 4.04. The summed E-state index contributed by atoms with van der Waals surface area (Å²) in [5.41, 5.74) is 0.572. The topological polar surface area (TPSA) is 65.5 Å². The highest BCUT2D eigenvalue weighted by atomic mass is 35.5. The van der Waals surface area contributed by atoms with Crippen molar-refractivity contribution in [1.82, 2.24) is 9.88 Å². The Balaban J connectivity index is 2.57. The molecule has 0 fully saturated rings. The molecule has 2 N–H and O–H groups in total. The van der Waals surface area contributed by atoms with Crippen LogP contribution < -0.4 is 5.32 Å². The number of nitrogens with zero attached hydrogens (tertiary/aromatic N) is 2. The van der Waals surface area contributed by atoms with Gasteiger partial charge in [-0.25, -0.2) is 9.78 Å². The number of aromatic nitrogens is 1. The molecule has 16 heavy (non-hydrogen) atoms. The van der Waals surface area contributed by atoms with Crippen LogP contribution in [0, 0.1) is 0 Å². The minimum Gasteiger partial charge on any atom is -0.392 e. The highest BCUT2D eigenvalue weighted by Crippen LogP contribution is 2.12. The van der Waals surface area contributed by atoms with Crippen molar-refractivity contribution in [3.8, 4) is 0 Å². The van der Waals surface area contributed by atoms with E-state index in [0.29, 0.717) is 10.8 Å². The van der Waals surface area contributed by atoms with Crippen LogP contribution in [0.25, 0.3) is 0 Å². The Morgan fingerprint density at radius 2 is 2.44 bits per heavy atom. The molecule has 1 atom stereocenters. The molecular weight excluding hydrogens is 230 g/mol. The summed E-state index contributed by atoms with van der Waals surface area (Å²) in [6.07, 6.45) is 0.948. The zero-order chi connectivity index (χ0) is 12.1. The lowest BCUT2D eigenvalue weighted by Crippen LogP contribution is -2.36. The van der Waals surface area contributed by atoms with Crippen molar-refractivity contribution in [2.24, 2.45) is 0 Å². The maximum atomic E-state index is 11.6. The molecule has 2 amide bonds. The van der Waals surface area contributed by atoms with E-state index in [9.17, 15) is 4.79 Å². The molecule has 0 saturated heterocycles. The molecular formula is C10H14ClN3O2. The van der Waals surface area contributed by atoms with E-state index in [4.69, 9.17) is 16.7 Å². The lowest BCUT2D eigenvalue weighted by molar-refractivity contribution is 0.149. The Kier molecular flexibility index (Phi) is 4.52. The zero-order valence-electron chi connectivity index (χ0n) is 9.14. The van der Waals surface area contributed by atoms with E-state index in [1.165, 1.54) is 11.1 Å². The van der Waals surface area contributed by atoms with Crippen molar-refractivity contribution in [1.29, 1.82) is 0 Å². The molecule has 1 aromatic heterocycles. The Hall–Kier alpha value is -1.33. The first kappa shape index (κ1) is 12.7. The number of urea groups is 1. The molecule has 88 valence electrons. The molecule has 0 aromatic carbocycles. The van der Waals surface area contributed by atoms with E-state index < -0.39 is 6.10 Å². The number of hydrogen-bond acceptors (Lipinski definition) is 3. The predicted molar refractivity (Wildman–Crippen MR) is 62.6 cm³/mol. The second kappa shape index (κ2) is 5.67. The van der Waals surface area contributed by atoms with E-state index in [2.05, 4.69) is 10.3 Å². The number of halogens is 1. The fourth-order valence-electron chi connectivity index (χ4n) is 1.18. The fourth-order valence-corrected chi connectivity index (χ4v) is 1.35. The highest BCUT2D eigenvalue weighted by molar-refractivity contribution is 6.29. The normalized spacial score (nSPS) is 12.0. The number of rotatable bonds is 3. The van der Waals surface area contributed by atoms with Gasteiger partial charge < -0.3 is 15.3 Å². The van der Waals surface area contributed by atoms with Crippen LogP contribution in [0.3, 0.4) is 0 Å². The van der Waals surface area contributed by atoms with Gasteiger partial charge in [-0.15, -0.1) is 0 Å². The second-order valence-corrected chi connectivity index (χ2v) is 3.91. The molecule has 0 spiro atoms. The molecule has 1 aromatic rings. The van der Waals surface area contributed by atoms with E-state index in [-0.39, 0.29) is 12.6 Å². The summed E-state index contributed by atoms with van der Waals surface area (Å²) < 4.78 is 0. The average molecular weight is 244 g/mol. The number of likely N-dealkylation sites (N-methyl/N-ethyl adjacent to an activating group) is 1. The number of hydrogen-bond donors (Lipinski definition) is 2. The molecule has 0 radical (unpaired) electrons. The number of carbonyl (C=O) groups excluding carboxylic acids is 1. The number of anilines is 1. The van der Waals surface area contributed by atoms with Crippen molar-refractivity contribution >= 4 is 23.3 Å². The van der Waals surface area contributed by atoms with Gasteiger partial charge in [-0.2, -0.15) is 0 Å². The number of nitrogens with one attached hydrogen (secondary N) is 1. The summed E-state index contributed by atoms with van der Waals surface area (Å²) in [6, 6.07) is 2.89. The highest BCUT2D eigenvalue weighted by Gasteiger charge is 2.10. The van der Waals surface area contributed by atoms with Crippen LogP contribution in [0.1, 0.15) is 6.92 Å². The molecule has 1 unspecified atom stereocenters. The van der Waals surface area contributed by atoms with E-state index in [1.807, 2.05) is 0 Å². The minimum atomic E-state index is -0.559. The summed E-state index contributed by atoms with van der Waals surface area (Å²) in [5, 5.41) is 12.1. The monoisotopic (exact) mass is 243 g/mol. The van der Waals surface area contributed by atoms with Gasteiger partial charge in [0.2, 0.25) is 0 Å². The van der Waals surface area contributed by atoms with Crippen molar-refractivity contribution in [2.45, 2.75) is 13.0 Å². The van der Waals surface area contributed by atoms with Crippen LogP contribution in [-0.2, 0) is 0 Å². The number of aliphatic hydroxyl groups excluding tert-OH is 1. The predicted octanol–water partition coefficient (Wildman–Crippen LogP) is 1.58. The Morgan fingerprint density at radius 3 is 3.00 bits per heavy atom. The van der Waals surface area contributed by atoms with Crippen LogP contribution in [0.15, 0.2) is 18.3 Å². The summed E-state index contributed by atoms with van der Waals surface area (Å²) in [7, 11) is 1.60. The summed E-state index contributed by atoms with van der Waals surface area (Å²) >= 11 is 5.68. The second-order valence-electron chi connectivity index (χ2n) is 3.53. The molecule has 1 heterocycles.